The standard InChI is InChI=1S/C15H24N2O2/c1-2-7-14(16)15(18)17-10-6-11-19-12-13-8-4-3-5-9-13/h3-5,8-9,14H,2,6-7,10-12,16H2,1H3,(H,17,18)/t14-/m0/s1. The van der Waals surface area contributed by atoms with Gasteiger partial charge in [0.2, 0.25) is 5.91 Å². The second-order valence-electron chi connectivity index (χ2n) is 4.58. The van der Waals surface area contributed by atoms with Crippen molar-refractivity contribution in [2.24, 2.45) is 5.73 Å². The Hall–Kier alpha value is -1.39. The van der Waals surface area contributed by atoms with Crippen LogP contribution in [0.25, 0.3) is 0 Å². The molecule has 0 fully saturated rings. The summed E-state index contributed by atoms with van der Waals surface area (Å²) in [4.78, 5) is 11.5. The van der Waals surface area contributed by atoms with Gasteiger partial charge in [-0.1, -0.05) is 43.7 Å². The van der Waals surface area contributed by atoms with Crippen LogP contribution in [0.15, 0.2) is 30.3 Å². The van der Waals surface area contributed by atoms with Crippen molar-refractivity contribution in [3.05, 3.63) is 35.9 Å². The number of ether oxygens (including phenoxy) is 1. The summed E-state index contributed by atoms with van der Waals surface area (Å²) in [5.74, 6) is -0.0649. The van der Waals surface area contributed by atoms with Crippen LogP contribution >= 0.6 is 0 Å². The zero-order valence-corrected chi connectivity index (χ0v) is 11.6. The minimum absolute atomic E-state index is 0.0649. The molecule has 0 unspecified atom stereocenters. The largest absolute Gasteiger partial charge is 0.377 e. The van der Waals surface area contributed by atoms with Gasteiger partial charge >= 0.3 is 0 Å². The van der Waals surface area contributed by atoms with Gasteiger partial charge in [-0.15, -0.1) is 0 Å². The number of nitrogens with two attached hydrogens (primary N) is 1. The van der Waals surface area contributed by atoms with E-state index in [4.69, 9.17) is 10.5 Å². The molecule has 0 saturated carbocycles. The summed E-state index contributed by atoms with van der Waals surface area (Å²) < 4.78 is 5.53. The molecule has 4 heteroatoms. The summed E-state index contributed by atoms with van der Waals surface area (Å²) in [7, 11) is 0. The molecule has 106 valence electrons. The van der Waals surface area contributed by atoms with Gasteiger partial charge in [0.05, 0.1) is 12.6 Å². The smallest absolute Gasteiger partial charge is 0.236 e. The Kier molecular flexibility index (Phi) is 7.86. The maximum Gasteiger partial charge on any atom is 0.236 e. The minimum atomic E-state index is -0.379. The van der Waals surface area contributed by atoms with E-state index in [0.29, 0.717) is 19.8 Å². The lowest BCUT2D eigenvalue weighted by molar-refractivity contribution is -0.122. The first-order chi connectivity index (χ1) is 9.24. The second kappa shape index (κ2) is 9.53. The zero-order chi connectivity index (χ0) is 13.9. The van der Waals surface area contributed by atoms with E-state index in [2.05, 4.69) is 5.32 Å². The normalized spacial score (nSPS) is 12.1. The second-order valence-corrected chi connectivity index (χ2v) is 4.58. The first-order valence-electron chi connectivity index (χ1n) is 6.89. The zero-order valence-electron chi connectivity index (χ0n) is 11.6. The third-order valence-corrected chi connectivity index (χ3v) is 2.81. The van der Waals surface area contributed by atoms with Crippen LogP contribution in [0.1, 0.15) is 31.7 Å². The Balaban J connectivity index is 2.01. The Morgan fingerprint density at radius 3 is 2.79 bits per heavy atom. The van der Waals surface area contributed by atoms with Crippen LogP contribution in [0.2, 0.25) is 0 Å². The number of nitrogens with one attached hydrogen (secondary N) is 1. The van der Waals surface area contributed by atoms with Crippen molar-refractivity contribution in [3.63, 3.8) is 0 Å². The predicted molar refractivity (Wildman–Crippen MR) is 76.6 cm³/mol. The molecular weight excluding hydrogens is 240 g/mol. The third kappa shape index (κ3) is 6.94. The molecule has 0 radical (unpaired) electrons. The van der Waals surface area contributed by atoms with Crippen LogP contribution in [-0.2, 0) is 16.1 Å². The highest BCUT2D eigenvalue weighted by Gasteiger charge is 2.10. The monoisotopic (exact) mass is 264 g/mol. The molecule has 1 atom stereocenters. The molecule has 0 spiro atoms. The van der Waals surface area contributed by atoms with E-state index in [1.165, 1.54) is 0 Å². The molecule has 1 aromatic rings. The van der Waals surface area contributed by atoms with Crippen LogP contribution < -0.4 is 11.1 Å². The number of benzene rings is 1. The average molecular weight is 264 g/mol. The van der Waals surface area contributed by atoms with E-state index in [0.717, 1.165) is 24.8 Å². The molecular formula is C15H24N2O2. The molecule has 0 aliphatic rings. The van der Waals surface area contributed by atoms with E-state index in [1.807, 2.05) is 37.3 Å². The Morgan fingerprint density at radius 2 is 2.11 bits per heavy atom. The van der Waals surface area contributed by atoms with Gasteiger partial charge < -0.3 is 15.8 Å². The van der Waals surface area contributed by atoms with Gasteiger partial charge in [0.1, 0.15) is 0 Å². The number of carbonyl (C=O) groups excluding carboxylic acids is 1. The number of hydrogen-bond donors (Lipinski definition) is 2. The van der Waals surface area contributed by atoms with Crippen molar-refractivity contribution in [3.8, 4) is 0 Å². The Morgan fingerprint density at radius 1 is 1.37 bits per heavy atom. The van der Waals surface area contributed by atoms with Crippen molar-refractivity contribution in [1.82, 2.24) is 5.32 Å². The summed E-state index contributed by atoms with van der Waals surface area (Å²) in [6, 6.07) is 9.66. The van der Waals surface area contributed by atoms with Crippen LogP contribution in [0, 0.1) is 0 Å². The molecule has 19 heavy (non-hydrogen) atoms. The fourth-order valence-electron chi connectivity index (χ4n) is 1.72. The number of rotatable bonds is 9. The maximum atomic E-state index is 11.5. The minimum Gasteiger partial charge on any atom is -0.377 e. The molecule has 0 heterocycles. The topological polar surface area (TPSA) is 64.4 Å². The van der Waals surface area contributed by atoms with Crippen LogP contribution in [0.4, 0.5) is 0 Å². The summed E-state index contributed by atoms with van der Waals surface area (Å²) in [5.41, 5.74) is 6.86. The highest BCUT2D eigenvalue weighted by atomic mass is 16.5. The lowest BCUT2D eigenvalue weighted by Crippen LogP contribution is -2.40. The highest BCUT2D eigenvalue weighted by molar-refractivity contribution is 5.81. The lowest BCUT2D eigenvalue weighted by atomic mass is 10.2. The first kappa shape index (κ1) is 15.7. The van der Waals surface area contributed by atoms with Gasteiger partial charge in [0.15, 0.2) is 0 Å². The van der Waals surface area contributed by atoms with Crippen LogP contribution in [-0.4, -0.2) is 25.1 Å². The van der Waals surface area contributed by atoms with Crippen molar-refractivity contribution in [1.29, 1.82) is 0 Å². The quantitative estimate of drug-likeness (QED) is 0.669. The highest BCUT2D eigenvalue weighted by Crippen LogP contribution is 2.00. The number of carbonyl (C=O) groups is 1. The van der Waals surface area contributed by atoms with Gasteiger partial charge in [-0.25, -0.2) is 0 Å². The third-order valence-electron chi connectivity index (χ3n) is 2.81. The van der Waals surface area contributed by atoms with Gasteiger partial charge in [-0.2, -0.15) is 0 Å². The van der Waals surface area contributed by atoms with Crippen molar-refractivity contribution in [2.45, 2.75) is 38.8 Å². The van der Waals surface area contributed by atoms with E-state index in [9.17, 15) is 4.79 Å². The van der Waals surface area contributed by atoms with Crippen LogP contribution in [0.5, 0.6) is 0 Å². The number of hydrogen-bond acceptors (Lipinski definition) is 3. The fourth-order valence-corrected chi connectivity index (χ4v) is 1.72. The summed E-state index contributed by atoms with van der Waals surface area (Å²) in [6.45, 7) is 3.89. The molecule has 0 saturated heterocycles. The van der Waals surface area contributed by atoms with E-state index < -0.39 is 0 Å². The molecule has 0 aliphatic heterocycles. The predicted octanol–water partition coefficient (Wildman–Crippen LogP) is 1.84. The molecule has 4 nitrogen and oxygen atoms in total. The average Bonchev–Trinajstić information content (AvgIpc) is 2.43. The number of amides is 1. The molecule has 0 aromatic heterocycles. The van der Waals surface area contributed by atoms with E-state index >= 15 is 0 Å². The molecule has 1 amide bonds. The molecule has 1 aromatic carbocycles. The van der Waals surface area contributed by atoms with Crippen molar-refractivity contribution < 1.29 is 9.53 Å². The van der Waals surface area contributed by atoms with E-state index in [1.54, 1.807) is 0 Å². The molecule has 0 aliphatic carbocycles. The van der Waals surface area contributed by atoms with Gasteiger partial charge in [0, 0.05) is 13.2 Å². The molecule has 3 N–H and O–H groups in total. The maximum absolute atomic E-state index is 11.5. The van der Waals surface area contributed by atoms with Gasteiger partial charge in [-0.3, -0.25) is 4.79 Å². The summed E-state index contributed by atoms with van der Waals surface area (Å²) >= 11 is 0. The van der Waals surface area contributed by atoms with E-state index in [-0.39, 0.29) is 11.9 Å². The molecule has 1 rings (SSSR count). The van der Waals surface area contributed by atoms with Crippen molar-refractivity contribution >= 4 is 5.91 Å². The van der Waals surface area contributed by atoms with Gasteiger partial charge in [0.25, 0.3) is 0 Å². The fraction of sp³-hybridized carbons (Fsp3) is 0.533. The first-order valence-corrected chi connectivity index (χ1v) is 6.89. The van der Waals surface area contributed by atoms with Crippen LogP contribution in [0.3, 0.4) is 0 Å². The lowest BCUT2D eigenvalue weighted by Gasteiger charge is -2.11. The Bertz CT molecular complexity index is 354. The SMILES string of the molecule is CCC[C@H](N)C(=O)NCCCOCc1ccccc1. The van der Waals surface area contributed by atoms with Crippen molar-refractivity contribution in [2.75, 3.05) is 13.2 Å². The Labute approximate surface area is 115 Å². The molecule has 0 bridgehead atoms. The van der Waals surface area contributed by atoms with Gasteiger partial charge in [-0.05, 0) is 18.4 Å². The summed E-state index contributed by atoms with van der Waals surface area (Å²) in [5, 5.41) is 2.82. The summed E-state index contributed by atoms with van der Waals surface area (Å²) in [6.07, 6.45) is 2.46.